The minimum absolute atomic E-state index is 0.164. The van der Waals surface area contributed by atoms with E-state index in [-0.39, 0.29) is 11.6 Å². The average Bonchev–Trinajstić information content (AvgIpc) is 2.30. The summed E-state index contributed by atoms with van der Waals surface area (Å²) in [4.78, 5) is 27.9. The molecule has 0 saturated heterocycles. The first-order valence-electron chi connectivity index (χ1n) is 5.26. The highest BCUT2D eigenvalue weighted by Gasteiger charge is 2.18. The highest BCUT2D eigenvalue weighted by molar-refractivity contribution is 5.81. The van der Waals surface area contributed by atoms with Crippen molar-refractivity contribution in [3.63, 3.8) is 0 Å². The fraction of sp³-hybridized carbons (Fsp3) is 0.417. The molecular formula is C12H16N2O3. The second-order valence-corrected chi connectivity index (χ2v) is 3.95. The van der Waals surface area contributed by atoms with Crippen LogP contribution in [-0.4, -0.2) is 42.3 Å². The average molecular weight is 236 g/mol. The summed E-state index contributed by atoms with van der Waals surface area (Å²) in [7, 11) is 3.30. The van der Waals surface area contributed by atoms with Crippen LogP contribution in [0.1, 0.15) is 23.1 Å². The van der Waals surface area contributed by atoms with Gasteiger partial charge in [-0.2, -0.15) is 0 Å². The third-order valence-electron chi connectivity index (χ3n) is 2.23. The Balaban J connectivity index is 2.88. The molecule has 0 fully saturated rings. The number of pyridine rings is 1. The van der Waals surface area contributed by atoms with Gasteiger partial charge in [0.25, 0.3) is 5.91 Å². The van der Waals surface area contributed by atoms with Gasteiger partial charge >= 0.3 is 0 Å². The van der Waals surface area contributed by atoms with Gasteiger partial charge in [-0.25, -0.2) is 4.98 Å². The van der Waals surface area contributed by atoms with Gasteiger partial charge in [0.2, 0.25) is 0 Å². The summed E-state index contributed by atoms with van der Waals surface area (Å²) in [5.41, 5.74) is 0.939. The van der Waals surface area contributed by atoms with Crippen LogP contribution in [0.2, 0.25) is 0 Å². The van der Waals surface area contributed by atoms with Gasteiger partial charge in [0.15, 0.2) is 12.4 Å². The summed E-state index contributed by atoms with van der Waals surface area (Å²) in [5.74, 6) is 0.163. The van der Waals surface area contributed by atoms with E-state index < -0.39 is 6.10 Å². The molecule has 1 aromatic heterocycles. The molecule has 1 atom stereocenters. The van der Waals surface area contributed by atoms with Gasteiger partial charge < -0.3 is 9.64 Å². The Morgan fingerprint density at radius 2 is 2.12 bits per heavy atom. The maximum absolute atomic E-state index is 11.6. The zero-order valence-electron chi connectivity index (χ0n) is 10.4. The van der Waals surface area contributed by atoms with Gasteiger partial charge in [0, 0.05) is 19.8 Å². The minimum atomic E-state index is -0.645. The molecule has 5 heteroatoms. The molecule has 0 bridgehead atoms. The molecule has 1 heterocycles. The number of ether oxygens (including phenoxy) is 1. The highest BCUT2D eigenvalue weighted by Crippen LogP contribution is 2.17. The number of aryl methyl sites for hydroxylation is 1. The van der Waals surface area contributed by atoms with Gasteiger partial charge in [-0.3, -0.25) is 9.59 Å². The van der Waals surface area contributed by atoms with Crippen LogP contribution in [-0.2, 0) is 4.79 Å². The molecule has 1 aromatic rings. The molecular weight excluding hydrogens is 220 g/mol. The van der Waals surface area contributed by atoms with E-state index in [1.54, 1.807) is 40.1 Å². The van der Waals surface area contributed by atoms with Crippen molar-refractivity contribution in [3.05, 3.63) is 23.5 Å². The summed E-state index contributed by atoms with van der Waals surface area (Å²) in [6, 6.07) is 3.38. The van der Waals surface area contributed by atoms with Crippen molar-refractivity contribution in [2.24, 2.45) is 0 Å². The number of carbonyl (C=O) groups is 2. The van der Waals surface area contributed by atoms with E-state index in [0.717, 1.165) is 5.69 Å². The van der Waals surface area contributed by atoms with E-state index in [1.165, 1.54) is 4.90 Å². The SMILES string of the molecule is Cc1ccc(OC(C)C(=O)N(C)C)c(C=O)n1. The second-order valence-electron chi connectivity index (χ2n) is 3.95. The fourth-order valence-electron chi connectivity index (χ4n) is 1.35. The van der Waals surface area contributed by atoms with E-state index in [2.05, 4.69) is 4.98 Å². The van der Waals surface area contributed by atoms with Gasteiger partial charge in [-0.15, -0.1) is 0 Å². The Labute approximate surface area is 100 Å². The van der Waals surface area contributed by atoms with Crippen molar-refractivity contribution in [3.8, 4) is 5.75 Å². The first-order chi connectivity index (χ1) is 7.95. The van der Waals surface area contributed by atoms with Crippen molar-refractivity contribution in [1.29, 1.82) is 0 Å². The van der Waals surface area contributed by atoms with E-state index in [0.29, 0.717) is 12.0 Å². The molecule has 0 aliphatic carbocycles. The predicted molar refractivity (Wildman–Crippen MR) is 63.1 cm³/mol. The molecule has 0 saturated carbocycles. The van der Waals surface area contributed by atoms with Crippen LogP contribution in [0.25, 0.3) is 0 Å². The maximum atomic E-state index is 11.6. The summed E-state index contributed by atoms with van der Waals surface area (Å²) in [5, 5.41) is 0. The number of hydrogen-bond acceptors (Lipinski definition) is 4. The zero-order valence-corrected chi connectivity index (χ0v) is 10.4. The van der Waals surface area contributed by atoms with Crippen LogP contribution < -0.4 is 4.74 Å². The molecule has 5 nitrogen and oxygen atoms in total. The smallest absolute Gasteiger partial charge is 0.262 e. The van der Waals surface area contributed by atoms with Crippen LogP contribution in [0.15, 0.2) is 12.1 Å². The van der Waals surface area contributed by atoms with Crippen LogP contribution in [0.3, 0.4) is 0 Å². The predicted octanol–water partition coefficient (Wildman–Crippen LogP) is 1.06. The topological polar surface area (TPSA) is 59.5 Å². The van der Waals surface area contributed by atoms with Crippen LogP contribution in [0.4, 0.5) is 0 Å². The number of aldehydes is 1. The molecule has 0 aliphatic heterocycles. The van der Waals surface area contributed by atoms with E-state index >= 15 is 0 Å². The highest BCUT2D eigenvalue weighted by atomic mass is 16.5. The van der Waals surface area contributed by atoms with E-state index in [9.17, 15) is 9.59 Å². The zero-order chi connectivity index (χ0) is 13.0. The Kier molecular flexibility index (Phi) is 4.20. The lowest BCUT2D eigenvalue weighted by Gasteiger charge is -2.18. The lowest BCUT2D eigenvalue weighted by Crippen LogP contribution is -2.35. The van der Waals surface area contributed by atoms with Crippen molar-refractivity contribution in [2.75, 3.05) is 14.1 Å². The van der Waals surface area contributed by atoms with Gasteiger partial charge in [0.1, 0.15) is 11.4 Å². The molecule has 1 amide bonds. The second kappa shape index (κ2) is 5.43. The minimum Gasteiger partial charge on any atom is -0.479 e. The van der Waals surface area contributed by atoms with Gasteiger partial charge in [-0.05, 0) is 26.0 Å². The lowest BCUT2D eigenvalue weighted by molar-refractivity contribution is -0.135. The van der Waals surface area contributed by atoms with Crippen LogP contribution in [0, 0.1) is 6.92 Å². The van der Waals surface area contributed by atoms with Crippen molar-refractivity contribution < 1.29 is 14.3 Å². The first-order valence-corrected chi connectivity index (χ1v) is 5.26. The number of amides is 1. The summed E-state index contributed by atoms with van der Waals surface area (Å²) >= 11 is 0. The van der Waals surface area contributed by atoms with Crippen LogP contribution in [0.5, 0.6) is 5.75 Å². The number of nitrogens with zero attached hydrogens (tertiary/aromatic N) is 2. The number of rotatable bonds is 4. The largest absolute Gasteiger partial charge is 0.479 e. The molecule has 17 heavy (non-hydrogen) atoms. The van der Waals surface area contributed by atoms with Crippen molar-refractivity contribution in [2.45, 2.75) is 20.0 Å². The standard InChI is InChI=1S/C12H16N2O3/c1-8-5-6-11(10(7-15)13-8)17-9(2)12(16)14(3)4/h5-7,9H,1-4H3. The lowest BCUT2D eigenvalue weighted by atomic mass is 10.3. The van der Waals surface area contributed by atoms with E-state index in [4.69, 9.17) is 4.74 Å². The Bertz CT molecular complexity index is 430. The summed E-state index contributed by atoms with van der Waals surface area (Å²) in [6.07, 6.45) is -0.0250. The van der Waals surface area contributed by atoms with E-state index in [1.807, 2.05) is 0 Å². The number of aromatic nitrogens is 1. The van der Waals surface area contributed by atoms with Crippen LogP contribution >= 0.6 is 0 Å². The first kappa shape index (κ1) is 13.2. The number of hydrogen-bond donors (Lipinski definition) is 0. The maximum Gasteiger partial charge on any atom is 0.262 e. The molecule has 0 N–H and O–H groups in total. The number of carbonyl (C=O) groups excluding carboxylic acids is 2. The fourth-order valence-corrected chi connectivity index (χ4v) is 1.35. The monoisotopic (exact) mass is 236 g/mol. The Morgan fingerprint density at radius 1 is 1.47 bits per heavy atom. The quantitative estimate of drug-likeness (QED) is 0.733. The molecule has 1 rings (SSSR count). The molecule has 92 valence electrons. The van der Waals surface area contributed by atoms with Crippen molar-refractivity contribution in [1.82, 2.24) is 9.88 Å². The Hall–Kier alpha value is -1.91. The summed E-state index contributed by atoms with van der Waals surface area (Å²) < 4.78 is 5.43. The Morgan fingerprint density at radius 3 is 2.65 bits per heavy atom. The van der Waals surface area contributed by atoms with Gasteiger partial charge in [-0.1, -0.05) is 0 Å². The normalized spacial score (nSPS) is 11.8. The molecule has 0 spiro atoms. The molecule has 0 aromatic carbocycles. The van der Waals surface area contributed by atoms with Crippen molar-refractivity contribution >= 4 is 12.2 Å². The third-order valence-corrected chi connectivity index (χ3v) is 2.23. The van der Waals surface area contributed by atoms with Gasteiger partial charge in [0.05, 0.1) is 0 Å². The molecule has 0 radical (unpaired) electrons. The molecule has 1 unspecified atom stereocenters. The molecule has 0 aliphatic rings. The summed E-state index contributed by atoms with van der Waals surface area (Å²) in [6.45, 7) is 3.42. The number of likely N-dealkylation sites (N-methyl/N-ethyl adjacent to an activating group) is 1. The third kappa shape index (κ3) is 3.27.